The lowest BCUT2D eigenvalue weighted by atomic mass is 10.1. The average molecular weight is 226 g/mol. The van der Waals surface area contributed by atoms with Crippen LogP contribution in [0.5, 0.6) is 5.75 Å². The van der Waals surface area contributed by atoms with E-state index < -0.39 is 0 Å². The van der Waals surface area contributed by atoms with Gasteiger partial charge in [0.1, 0.15) is 12.1 Å². The van der Waals surface area contributed by atoms with Crippen LogP contribution in [0.2, 0.25) is 0 Å². The van der Waals surface area contributed by atoms with Crippen molar-refractivity contribution in [2.75, 3.05) is 7.11 Å². The van der Waals surface area contributed by atoms with Crippen LogP contribution in [-0.4, -0.2) is 26.7 Å². The third-order valence-corrected chi connectivity index (χ3v) is 2.57. The van der Waals surface area contributed by atoms with E-state index in [4.69, 9.17) is 4.74 Å². The van der Waals surface area contributed by atoms with Crippen LogP contribution >= 0.6 is 0 Å². The Hall–Kier alpha value is -2.43. The van der Waals surface area contributed by atoms with Crippen LogP contribution in [0.3, 0.4) is 0 Å². The second-order valence-electron chi connectivity index (χ2n) is 3.53. The molecule has 0 atom stereocenters. The van der Waals surface area contributed by atoms with E-state index in [-0.39, 0.29) is 0 Å². The SMILES string of the molecule is COc1ccc(-c2ccnc3ncnn23)cc1. The van der Waals surface area contributed by atoms with E-state index in [1.54, 1.807) is 17.8 Å². The molecule has 0 saturated heterocycles. The number of ether oxygens (including phenoxy) is 1. The molecule has 0 spiro atoms. The maximum atomic E-state index is 5.13. The summed E-state index contributed by atoms with van der Waals surface area (Å²) in [5, 5.41) is 4.15. The van der Waals surface area contributed by atoms with E-state index in [1.165, 1.54) is 6.33 Å². The number of methoxy groups -OCH3 is 1. The highest BCUT2D eigenvalue weighted by Crippen LogP contribution is 2.21. The summed E-state index contributed by atoms with van der Waals surface area (Å²) < 4.78 is 6.84. The van der Waals surface area contributed by atoms with Gasteiger partial charge in [0, 0.05) is 11.8 Å². The highest BCUT2D eigenvalue weighted by Gasteiger charge is 2.05. The fraction of sp³-hybridized carbons (Fsp3) is 0.0833. The molecule has 0 saturated carbocycles. The van der Waals surface area contributed by atoms with Crippen molar-refractivity contribution in [3.63, 3.8) is 0 Å². The molecule has 0 radical (unpaired) electrons. The molecule has 5 heteroatoms. The van der Waals surface area contributed by atoms with E-state index in [0.29, 0.717) is 5.78 Å². The summed E-state index contributed by atoms with van der Waals surface area (Å²) in [6, 6.07) is 9.70. The molecule has 2 aromatic heterocycles. The minimum atomic E-state index is 0.596. The molecule has 0 N–H and O–H groups in total. The predicted octanol–water partition coefficient (Wildman–Crippen LogP) is 1.80. The van der Waals surface area contributed by atoms with E-state index in [0.717, 1.165) is 17.0 Å². The largest absolute Gasteiger partial charge is 0.497 e. The quantitative estimate of drug-likeness (QED) is 0.668. The van der Waals surface area contributed by atoms with E-state index in [2.05, 4.69) is 15.1 Å². The molecule has 1 aromatic carbocycles. The highest BCUT2D eigenvalue weighted by atomic mass is 16.5. The summed E-state index contributed by atoms with van der Waals surface area (Å²) in [5.41, 5.74) is 2.00. The van der Waals surface area contributed by atoms with Gasteiger partial charge in [-0.15, -0.1) is 0 Å². The summed E-state index contributed by atoms with van der Waals surface area (Å²) >= 11 is 0. The Morgan fingerprint density at radius 3 is 2.65 bits per heavy atom. The van der Waals surface area contributed by atoms with Gasteiger partial charge in [0.2, 0.25) is 0 Å². The first kappa shape index (κ1) is 9.77. The molecule has 0 aliphatic carbocycles. The fourth-order valence-corrected chi connectivity index (χ4v) is 1.72. The summed E-state index contributed by atoms with van der Waals surface area (Å²) in [6.07, 6.45) is 3.22. The Labute approximate surface area is 97.7 Å². The van der Waals surface area contributed by atoms with Crippen molar-refractivity contribution < 1.29 is 4.74 Å². The smallest absolute Gasteiger partial charge is 0.252 e. The molecule has 3 aromatic rings. The van der Waals surface area contributed by atoms with Gasteiger partial charge in [-0.3, -0.25) is 0 Å². The van der Waals surface area contributed by atoms with Crippen LogP contribution in [0.15, 0.2) is 42.9 Å². The van der Waals surface area contributed by atoms with Crippen molar-refractivity contribution in [3.8, 4) is 17.0 Å². The molecule has 17 heavy (non-hydrogen) atoms. The fourth-order valence-electron chi connectivity index (χ4n) is 1.72. The Balaban J connectivity index is 2.16. The molecule has 3 rings (SSSR count). The van der Waals surface area contributed by atoms with Crippen LogP contribution in [0.4, 0.5) is 0 Å². The first-order valence-corrected chi connectivity index (χ1v) is 5.17. The zero-order valence-electron chi connectivity index (χ0n) is 9.24. The number of aromatic nitrogens is 4. The summed E-state index contributed by atoms with van der Waals surface area (Å²) in [6.45, 7) is 0. The zero-order valence-corrected chi connectivity index (χ0v) is 9.24. The summed E-state index contributed by atoms with van der Waals surface area (Å²) in [4.78, 5) is 8.18. The van der Waals surface area contributed by atoms with Gasteiger partial charge in [0.25, 0.3) is 5.78 Å². The number of benzene rings is 1. The van der Waals surface area contributed by atoms with Gasteiger partial charge in [-0.1, -0.05) is 0 Å². The van der Waals surface area contributed by atoms with Gasteiger partial charge in [-0.05, 0) is 30.3 Å². The zero-order chi connectivity index (χ0) is 11.7. The molecular weight excluding hydrogens is 216 g/mol. The minimum Gasteiger partial charge on any atom is -0.497 e. The van der Waals surface area contributed by atoms with Crippen molar-refractivity contribution in [2.45, 2.75) is 0 Å². The van der Waals surface area contributed by atoms with Gasteiger partial charge in [0.15, 0.2) is 0 Å². The number of hydrogen-bond donors (Lipinski definition) is 0. The molecule has 5 nitrogen and oxygen atoms in total. The summed E-state index contributed by atoms with van der Waals surface area (Å²) in [7, 11) is 1.65. The lowest BCUT2D eigenvalue weighted by Gasteiger charge is -2.04. The Morgan fingerprint density at radius 2 is 1.88 bits per heavy atom. The Kier molecular flexibility index (Phi) is 2.22. The van der Waals surface area contributed by atoms with Gasteiger partial charge in [-0.25, -0.2) is 4.98 Å². The second kappa shape index (κ2) is 3.86. The maximum absolute atomic E-state index is 5.13. The van der Waals surface area contributed by atoms with Gasteiger partial charge in [-0.2, -0.15) is 14.6 Å². The van der Waals surface area contributed by atoms with Crippen molar-refractivity contribution >= 4 is 5.78 Å². The molecule has 0 aliphatic rings. The molecule has 2 heterocycles. The third kappa shape index (κ3) is 1.61. The third-order valence-electron chi connectivity index (χ3n) is 2.57. The average Bonchev–Trinajstić information content (AvgIpc) is 2.87. The highest BCUT2D eigenvalue weighted by molar-refractivity contribution is 5.61. The van der Waals surface area contributed by atoms with Gasteiger partial charge < -0.3 is 4.74 Å². The standard InChI is InChI=1S/C12H10N4O/c1-17-10-4-2-9(3-5-10)11-6-7-13-12-14-8-15-16(11)12/h2-8H,1H3. The van der Waals surface area contributed by atoms with Crippen LogP contribution in [0.1, 0.15) is 0 Å². The number of hydrogen-bond acceptors (Lipinski definition) is 4. The first-order chi connectivity index (χ1) is 8.38. The maximum Gasteiger partial charge on any atom is 0.252 e. The van der Waals surface area contributed by atoms with Crippen LogP contribution in [-0.2, 0) is 0 Å². The molecule has 0 unspecified atom stereocenters. The summed E-state index contributed by atoms with van der Waals surface area (Å²) in [5.74, 6) is 1.43. The van der Waals surface area contributed by atoms with Crippen LogP contribution in [0.25, 0.3) is 17.0 Å². The number of rotatable bonds is 2. The van der Waals surface area contributed by atoms with Gasteiger partial charge in [0.05, 0.1) is 12.8 Å². The van der Waals surface area contributed by atoms with Crippen molar-refractivity contribution in [1.29, 1.82) is 0 Å². The Morgan fingerprint density at radius 1 is 1.06 bits per heavy atom. The lowest BCUT2D eigenvalue weighted by Crippen LogP contribution is -1.95. The molecule has 84 valence electrons. The monoisotopic (exact) mass is 226 g/mol. The first-order valence-electron chi connectivity index (χ1n) is 5.17. The van der Waals surface area contributed by atoms with Crippen molar-refractivity contribution in [2.24, 2.45) is 0 Å². The van der Waals surface area contributed by atoms with Crippen molar-refractivity contribution in [3.05, 3.63) is 42.9 Å². The molecular formula is C12H10N4O. The molecule has 0 amide bonds. The van der Waals surface area contributed by atoms with E-state index in [9.17, 15) is 0 Å². The Bertz CT molecular complexity index is 645. The van der Waals surface area contributed by atoms with Crippen molar-refractivity contribution in [1.82, 2.24) is 19.6 Å². The van der Waals surface area contributed by atoms with Crippen LogP contribution in [0, 0.1) is 0 Å². The van der Waals surface area contributed by atoms with Gasteiger partial charge >= 0.3 is 0 Å². The predicted molar refractivity (Wildman–Crippen MR) is 62.8 cm³/mol. The normalized spacial score (nSPS) is 10.6. The molecule has 0 aliphatic heterocycles. The number of fused-ring (bicyclic) bond motifs is 1. The second-order valence-corrected chi connectivity index (χ2v) is 3.53. The molecule has 0 bridgehead atoms. The minimum absolute atomic E-state index is 0.596. The van der Waals surface area contributed by atoms with E-state index in [1.807, 2.05) is 30.3 Å². The molecule has 0 fully saturated rings. The van der Waals surface area contributed by atoms with Crippen LogP contribution < -0.4 is 4.74 Å². The topological polar surface area (TPSA) is 52.3 Å². The number of nitrogens with zero attached hydrogens (tertiary/aromatic N) is 4. The lowest BCUT2D eigenvalue weighted by molar-refractivity contribution is 0.415. The van der Waals surface area contributed by atoms with E-state index >= 15 is 0 Å².